The van der Waals surface area contributed by atoms with Crippen LogP contribution >= 0.6 is 0 Å². The molecule has 2 unspecified atom stereocenters. The number of piperidine rings is 1. The van der Waals surface area contributed by atoms with Crippen LogP contribution in [0.15, 0.2) is 0 Å². The monoisotopic (exact) mass is 267 g/mol. The molecule has 0 aromatic rings. The van der Waals surface area contributed by atoms with E-state index in [-0.39, 0.29) is 11.1 Å². The predicted molar refractivity (Wildman–Crippen MR) is 78.0 cm³/mol. The third-order valence-corrected chi connectivity index (χ3v) is 4.60. The molecule has 2 atom stereocenters. The molecule has 19 heavy (non-hydrogen) atoms. The number of methoxy groups -OCH3 is 1. The highest BCUT2D eigenvalue weighted by Crippen LogP contribution is 2.24. The first-order valence-electron chi connectivity index (χ1n) is 7.41. The smallest absolute Gasteiger partial charge is 0.106 e. The van der Waals surface area contributed by atoms with Crippen LogP contribution in [0.5, 0.6) is 0 Å². The molecule has 1 saturated heterocycles. The fourth-order valence-electron chi connectivity index (χ4n) is 2.94. The molecule has 0 aromatic carbocycles. The van der Waals surface area contributed by atoms with Crippen molar-refractivity contribution in [2.24, 2.45) is 0 Å². The molecule has 0 spiro atoms. The molecule has 4 nitrogen and oxygen atoms in total. The Morgan fingerprint density at radius 2 is 2.26 bits per heavy atom. The minimum absolute atomic E-state index is 0.0122. The SMILES string of the molecule is CCC(C#N)(CCCN1CCCC(C)(OC)C1)NC. The topological polar surface area (TPSA) is 48.3 Å². The quantitative estimate of drug-likeness (QED) is 0.768. The lowest BCUT2D eigenvalue weighted by Crippen LogP contribution is -2.48. The Labute approximate surface area is 118 Å². The molecule has 4 heteroatoms. The zero-order valence-electron chi connectivity index (χ0n) is 13.0. The predicted octanol–water partition coefficient (Wildman–Crippen LogP) is 2.16. The average Bonchev–Trinajstić information content (AvgIpc) is 2.44. The highest BCUT2D eigenvalue weighted by atomic mass is 16.5. The molecule has 0 radical (unpaired) electrons. The van der Waals surface area contributed by atoms with Crippen LogP contribution in [0, 0.1) is 11.3 Å². The van der Waals surface area contributed by atoms with E-state index in [2.05, 4.69) is 30.1 Å². The summed E-state index contributed by atoms with van der Waals surface area (Å²) < 4.78 is 5.61. The van der Waals surface area contributed by atoms with Crippen LogP contribution in [0.25, 0.3) is 0 Å². The third kappa shape index (κ3) is 4.45. The van der Waals surface area contributed by atoms with Crippen LogP contribution in [-0.2, 0) is 4.74 Å². The van der Waals surface area contributed by atoms with Gasteiger partial charge in [-0.3, -0.25) is 0 Å². The molecule has 0 saturated carbocycles. The summed E-state index contributed by atoms with van der Waals surface area (Å²) in [5.74, 6) is 0. The van der Waals surface area contributed by atoms with E-state index in [1.54, 1.807) is 0 Å². The first kappa shape index (κ1) is 16.4. The number of hydrogen-bond acceptors (Lipinski definition) is 4. The summed E-state index contributed by atoms with van der Waals surface area (Å²) in [6.45, 7) is 7.49. The second-order valence-corrected chi connectivity index (χ2v) is 5.93. The maximum Gasteiger partial charge on any atom is 0.106 e. The van der Waals surface area contributed by atoms with E-state index in [9.17, 15) is 5.26 Å². The molecule has 0 aromatic heterocycles. The largest absolute Gasteiger partial charge is 0.377 e. The van der Waals surface area contributed by atoms with Crippen LogP contribution in [0.2, 0.25) is 0 Å². The lowest BCUT2D eigenvalue weighted by Gasteiger charge is -2.39. The van der Waals surface area contributed by atoms with E-state index in [1.165, 1.54) is 6.42 Å². The van der Waals surface area contributed by atoms with Crippen molar-refractivity contribution < 1.29 is 4.74 Å². The molecule has 110 valence electrons. The molecule has 1 heterocycles. The summed E-state index contributed by atoms with van der Waals surface area (Å²) in [4.78, 5) is 2.47. The van der Waals surface area contributed by atoms with Crippen LogP contribution < -0.4 is 5.32 Å². The van der Waals surface area contributed by atoms with Crippen LogP contribution in [0.3, 0.4) is 0 Å². The summed E-state index contributed by atoms with van der Waals surface area (Å²) in [5, 5.41) is 12.5. The van der Waals surface area contributed by atoms with Crippen molar-refractivity contribution in [1.82, 2.24) is 10.2 Å². The Kier molecular flexibility index (Phi) is 6.25. The lowest BCUT2D eigenvalue weighted by molar-refractivity contribution is -0.0510. The normalized spacial score (nSPS) is 27.7. The van der Waals surface area contributed by atoms with Gasteiger partial charge in [-0.15, -0.1) is 0 Å². The number of nitriles is 1. The second kappa shape index (κ2) is 7.23. The molecule has 1 N–H and O–H groups in total. The minimum Gasteiger partial charge on any atom is -0.377 e. The maximum atomic E-state index is 9.29. The van der Waals surface area contributed by atoms with Crippen molar-refractivity contribution in [1.29, 1.82) is 5.26 Å². The Balaban J connectivity index is 2.39. The number of nitrogens with zero attached hydrogens (tertiary/aromatic N) is 2. The van der Waals surface area contributed by atoms with Gasteiger partial charge < -0.3 is 15.0 Å². The maximum absolute atomic E-state index is 9.29. The van der Waals surface area contributed by atoms with Gasteiger partial charge in [-0.25, -0.2) is 0 Å². The van der Waals surface area contributed by atoms with Crippen molar-refractivity contribution in [3.63, 3.8) is 0 Å². The minimum atomic E-state index is -0.347. The molecule has 1 aliphatic heterocycles. The Bertz CT molecular complexity index is 309. The summed E-state index contributed by atoms with van der Waals surface area (Å²) in [7, 11) is 3.69. The first-order chi connectivity index (χ1) is 9.03. The standard InChI is InChI=1S/C15H29N3O/c1-5-15(12-16,17-3)9-7-11-18-10-6-8-14(2,13-18)19-4/h17H,5-11,13H2,1-4H3. The molecule has 1 aliphatic rings. The average molecular weight is 267 g/mol. The van der Waals surface area contributed by atoms with Crippen molar-refractivity contribution in [2.75, 3.05) is 33.8 Å². The number of likely N-dealkylation sites (tertiary alicyclic amines) is 1. The summed E-state index contributed by atoms with van der Waals surface area (Å²) in [6, 6.07) is 2.43. The van der Waals surface area contributed by atoms with E-state index < -0.39 is 0 Å². The van der Waals surface area contributed by atoms with Gasteiger partial charge in [0, 0.05) is 13.7 Å². The Hall–Kier alpha value is -0.630. The van der Waals surface area contributed by atoms with Gasteiger partial charge in [0.05, 0.1) is 11.7 Å². The van der Waals surface area contributed by atoms with Crippen molar-refractivity contribution in [3.8, 4) is 6.07 Å². The highest BCUT2D eigenvalue weighted by molar-refractivity contribution is 5.05. The van der Waals surface area contributed by atoms with Crippen molar-refractivity contribution >= 4 is 0 Å². The van der Waals surface area contributed by atoms with E-state index in [4.69, 9.17) is 4.74 Å². The van der Waals surface area contributed by atoms with E-state index in [0.29, 0.717) is 0 Å². The molecule has 0 bridgehead atoms. The van der Waals surface area contributed by atoms with Gasteiger partial charge in [-0.1, -0.05) is 6.92 Å². The van der Waals surface area contributed by atoms with Gasteiger partial charge in [0.2, 0.25) is 0 Å². The summed E-state index contributed by atoms with van der Waals surface area (Å²) in [5.41, 5.74) is -0.335. The van der Waals surface area contributed by atoms with Gasteiger partial charge in [-0.2, -0.15) is 5.26 Å². The van der Waals surface area contributed by atoms with Gasteiger partial charge in [0.15, 0.2) is 0 Å². The van der Waals surface area contributed by atoms with E-state index in [1.807, 2.05) is 14.2 Å². The van der Waals surface area contributed by atoms with E-state index >= 15 is 0 Å². The summed E-state index contributed by atoms with van der Waals surface area (Å²) in [6.07, 6.45) is 5.18. The molecular weight excluding hydrogens is 238 g/mol. The van der Waals surface area contributed by atoms with E-state index in [0.717, 1.165) is 45.3 Å². The van der Waals surface area contributed by atoms with Gasteiger partial charge in [0.1, 0.15) is 5.54 Å². The van der Waals surface area contributed by atoms with Gasteiger partial charge in [0.25, 0.3) is 0 Å². The molecule has 1 rings (SSSR count). The number of hydrogen-bond donors (Lipinski definition) is 1. The number of ether oxygens (including phenoxy) is 1. The Morgan fingerprint density at radius 1 is 1.53 bits per heavy atom. The fraction of sp³-hybridized carbons (Fsp3) is 0.933. The molecule has 0 amide bonds. The number of nitrogens with one attached hydrogen (secondary N) is 1. The first-order valence-corrected chi connectivity index (χ1v) is 7.41. The van der Waals surface area contributed by atoms with Gasteiger partial charge in [-0.05, 0) is 59.2 Å². The molecule has 0 aliphatic carbocycles. The third-order valence-electron chi connectivity index (χ3n) is 4.60. The van der Waals surface area contributed by atoms with Crippen molar-refractivity contribution in [2.45, 2.75) is 57.1 Å². The highest BCUT2D eigenvalue weighted by Gasteiger charge is 2.31. The second-order valence-electron chi connectivity index (χ2n) is 5.93. The zero-order chi connectivity index (χ0) is 14.4. The fourth-order valence-corrected chi connectivity index (χ4v) is 2.94. The molecule has 1 fully saturated rings. The molecular formula is C15H29N3O. The zero-order valence-corrected chi connectivity index (χ0v) is 13.0. The van der Waals surface area contributed by atoms with Crippen LogP contribution in [-0.4, -0.2) is 49.8 Å². The number of rotatable bonds is 7. The van der Waals surface area contributed by atoms with Gasteiger partial charge >= 0.3 is 0 Å². The van der Waals surface area contributed by atoms with Crippen molar-refractivity contribution in [3.05, 3.63) is 0 Å². The lowest BCUT2D eigenvalue weighted by atomic mass is 9.91. The van der Waals surface area contributed by atoms with Crippen LogP contribution in [0.1, 0.15) is 46.0 Å². The Morgan fingerprint density at radius 3 is 2.79 bits per heavy atom. The summed E-state index contributed by atoms with van der Waals surface area (Å²) >= 11 is 0. The van der Waals surface area contributed by atoms with Crippen LogP contribution in [0.4, 0.5) is 0 Å².